The third-order valence-corrected chi connectivity index (χ3v) is 3.80. The van der Waals surface area contributed by atoms with E-state index in [-0.39, 0.29) is 22.6 Å². The predicted molar refractivity (Wildman–Crippen MR) is 86.6 cm³/mol. The summed E-state index contributed by atoms with van der Waals surface area (Å²) in [5, 5.41) is 2.82. The second-order valence-corrected chi connectivity index (χ2v) is 5.31. The van der Waals surface area contributed by atoms with Crippen molar-refractivity contribution in [1.29, 1.82) is 0 Å². The normalized spacial score (nSPS) is 11.1. The average molecular weight is 323 g/mol. The van der Waals surface area contributed by atoms with Crippen LogP contribution in [0.25, 0.3) is 28.0 Å². The van der Waals surface area contributed by atoms with Crippen LogP contribution in [0.5, 0.6) is 0 Å². The van der Waals surface area contributed by atoms with Crippen LogP contribution < -0.4 is 5.56 Å². The molecule has 1 N–H and O–H groups in total. The fraction of sp³-hybridized carbons (Fsp3) is 0. The lowest BCUT2D eigenvalue weighted by Gasteiger charge is -2.04. The molecule has 24 heavy (non-hydrogen) atoms. The SMILES string of the molecule is O=c1cc(-c2ccccc2F)nc2c(-c3ccc(F)cc3)c[nH]n12. The number of fused-ring (bicyclic) bond motifs is 1. The zero-order valence-corrected chi connectivity index (χ0v) is 12.3. The molecule has 0 atom stereocenters. The number of H-pyrrole nitrogens is 1. The highest BCUT2D eigenvalue weighted by atomic mass is 19.1. The van der Waals surface area contributed by atoms with Crippen molar-refractivity contribution in [2.24, 2.45) is 0 Å². The van der Waals surface area contributed by atoms with Crippen molar-refractivity contribution in [2.75, 3.05) is 0 Å². The van der Waals surface area contributed by atoms with Crippen molar-refractivity contribution in [3.63, 3.8) is 0 Å². The van der Waals surface area contributed by atoms with Gasteiger partial charge in [0.05, 0.1) is 5.69 Å². The molecule has 0 saturated heterocycles. The van der Waals surface area contributed by atoms with Gasteiger partial charge in [-0.3, -0.25) is 9.89 Å². The number of benzene rings is 2. The maximum atomic E-state index is 14.0. The quantitative estimate of drug-likeness (QED) is 0.612. The first-order chi connectivity index (χ1) is 11.6. The number of hydrogen-bond donors (Lipinski definition) is 1. The third-order valence-electron chi connectivity index (χ3n) is 3.80. The molecule has 2 heterocycles. The number of halogens is 2. The number of aromatic nitrogens is 3. The minimum atomic E-state index is -0.451. The summed E-state index contributed by atoms with van der Waals surface area (Å²) in [6.45, 7) is 0. The molecular weight excluding hydrogens is 312 g/mol. The summed E-state index contributed by atoms with van der Waals surface area (Å²) in [5.41, 5.74) is 1.83. The van der Waals surface area contributed by atoms with Crippen LogP contribution in [-0.4, -0.2) is 14.6 Å². The molecule has 4 nitrogen and oxygen atoms in total. The van der Waals surface area contributed by atoms with Crippen LogP contribution in [0.4, 0.5) is 8.78 Å². The van der Waals surface area contributed by atoms with Gasteiger partial charge in [-0.1, -0.05) is 24.3 Å². The van der Waals surface area contributed by atoms with Crippen LogP contribution in [0.15, 0.2) is 65.6 Å². The van der Waals surface area contributed by atoms with E-state index < -0.39 is 5.82 Å². The molecule has 0 spiro atoms. The summed E-state index contributed by atoms with van der Waals surface area (Å²) in [7, 11) is 0. The highest BCUT2D eigenvalue weighted by Crippen LogP contribution is 2.25. The van der Waals surface area contributed by atoms with Gasteiger partial charge in [0.1, 0.15) is 11.6 Å². The average Bonchev–Trinajstić information content (AvgIpc) is 3.00. The van der Waals surface area contributed by atoms with E-state index in [0.717, 1.165) is 0 Å². The maximum absolute atomic E-state index is 14.0. The molecular formula is C18H11F2N3O. The molecule has 0 radical (unpaired) electrons. The first-order valence-corrected chi connectivity index (χ1v) is 7.25. The number of nitrogens with one attached hydrogen (secondary N) is 1. The van der Waals surface area contributed by atoms with Gasteiger partial charge in [-0.15, -0.1) is 0 Å². The minimum Gasteiger partial charge on any atom is -0.296 e. The van der Waals surface area contributed by atoms with Crippen molar-refractivity contribution >= 4 is 5.65 Å². The van der Waals surface area contributed by atoms with E-state index in [1.54, 1.807) is 36.5 Å². The molecule has 0 amide bonds. The van der Waals surface area contributed by atoms with Crippen LogP contribution in [0, 0.1) is 11.6 Å². The summed E-state index contributed by atoms with van der Waals surface area (Å²) in [4.78, 5) is 16.7. The Balaban J connectivity index is 1.97. The van der Waals surface area contributed by atoms with Crippen molar-refractivity contribution in [3.05, 3.63) is 82.8 Å². The molecule has 4 rings (SSSR count). The lowest BCUT2D eigenvalue weighted by Crippen LogP contribution is -2.14. The summed E-state index contributed by atoms with van der Waals surface area (Å²) in [5.74, 6) is -0.802. The molecule has 6 heteroatoms. The molecule has 118 valence electrons. The van der Waals surface area contributed by atoms with Gasteiger partial charge in [0.2, 0.25) is 0 Å². The number of aromatic amines is 1. The van der Waals surface area contributed by atoms with E-state index in [1.807, 2.05) is 0 Å². The second-order valence-electron chi connectivity index (χ2n) is 5.31. The fourth-order valence-corrected chi connectivity index (χ4v) is 2.63. The first kappa shape index (κ1) is 14.3. The van der Waals surface area contributed by atoms with E-state index in [2.05, 4.69) is 10.1 Å². The Kier molecular flexibility index (Phi) is 3.23. The second kappa shape index (κ2) is 5.42. The largest absolute Gasteiger partial charge is 0.296 e. The molecule has 0 unspecified atom stereocenters. The molecule has 0 aliphatic carbocycles. The van der Waals surface area contributed by atoms with E-state index in [9.17, 15) is 13.6 Å². The summed E-state index contributed by atoms with van der Waals surface area (Å²) >= 11 is 0. The summed E-state index contributed by atoms with van der Waals surface area (Å²) in [6.07, 6.45) is 1.61. The maximum Gasteiger partial charge on any atom is 0.273 e. The topological polar surface area (TPSA) is 50.2 Å². The molecule has 2 aromatic carbocycles. The van der Waals surface area contributed by atoms with Crippen molar-refractivity contribution in [3.8, 4) is 22.4 Å². The van der Waals surface area contributed by atoms with E-state index >= 15 is 0 Å². The van der Waals surface area contributed by atoms with E-state index in [4.69, 9.17) is 0 Å². The molecule has 0 aliphatic heterocycles. The van der Waals surface area contributed by atoms with Gasteiger partial charge < -0.3 is 0 Å². The summed E-state index contributed by atoms with van der Waals surface area (Å²) in [6, 6.07) is 13.3. The molecule has 0 aliphatic rings. The van der Waals surface area contributed by atoms with Gasteiger partial charge in [0.15, 0.2) is 5.65 Å². The molecule has 2 aromatic heterocycles. The van der Waals surface area contributed by atoms with Crippen LogP contribution in [-0.2, 0) is 0 Å². The molecule has 4 aromatic rings. The third kappa shape index (κ3) is 2.28. The Morgan fingerprint density at radius 3 is 2.46 bits per heavy atom. The predicted octanol–water partition coefficient (Wildman–Crippen LogP) is 3.63. The smallest absolute Gasteiger partial charge is 0.273 e. The van der Waals surface area contributed by atoms with Crippen LogP contribution in [0.3, 0.4) is 0 Å². The Labute approximate surface area is 135 Å². The van der Waals surface area contributed by atoms with Gasteiger partial charge in [-0.05, 0) is 29.8 Å². The monoisotopic (exact) mass is 323 g/mol. The van der Waals surface area contributed by atoms with Crippen molar-refractivity contribution < 1.29 is 8.78 Å². The highest BCUT2D eigenvalue weighted by Gasteiger charge is 2.13. The van der Waals surface area contributed by atoms with Gasteiger partial charge in [0, 0.05) is 23.4 Å². The van der Waals surface area contributed by atoms with Gasteiger partial charge in [-0.2, -0.15) is 0 Å². The number of rotatable bonds is 2. The zero-order chi connectivity index (χ0) is 16.7. The van der Waals surface area contributed by atoms with Crippen molar-refractivity contribution in [2.45, 2.75) is 0 Å². The molecule has 0 bridgehead atoms. The number of hydrogen-bond acceptors (Lipinski definition) is 2. The Morgan fingerprint density at radius 1 is 0.958 bits per heavy atom. The molecule has 0 fully saturated rings. The van der Waals surface area contributed by atoms with Gasteiger partial charge in [-0.25, -0.2) is 18.3 Å². The van der Waals surface area contributed by atoms with E-state index in [1.165, 1.54) is 28.8 Å². The van der Waals surface area contributed by atoms with Crippen molar-refractivity contribution in [1.82, 2.24) is 14.6 Å². The summed E-state index contributed by atoms with van der Waals surface area (Å²) < 4.78 is 28.4. The zero-order valence-electron chi connectivity index (χ0n) is 12.3. The lowest BCUT2D eigenvalue weighted by atomic mass is 10.1. The first-order valence-electron chi connectivity index (χ1n) is 7.25. The minimum absolute atomic E-state index is 0.251. The van der Waals surface area contributed by atoms with Gasteiger partial charge in [0.25, 0.3) is 5.56 Å². The Morgan fingerprint density at radius 2 is 1.71 bits per heavy atom. The molecule has 0 saturated carbocycles. The Bertz CT molecular complexity index is 1100. The number of nitrogens with zero attached hydrogens (tertiary/aromatic N) is 2. The lowest BCUT2D eigenvalue weighted by molar-refractivity contribution is 0.628. The van der Waals surface area contributed by atoms with Crippen LogP contribution >= 0.6 is 0 Å². The standard InChI is InChI=1S/C18H11F2N3O/c19-12-7-5-11(6-8-12)14-10-21-23-17(24)9-16(22-18(14)23)13-3-1-2-4-15(13)20/h1-10,21H. The fourth-order valence-electron chi connectivity index (χ4n) is 2.63. The highest BCUT2D eigenvalue weighted by molar-refractivity contribution is 5.78. The van der Waals surface area contributed by atoms with Gasteiger partial charge >= 0.3 is 0 Å². The Hall–Kier alpha value is -3.28. The van der Waals surface area contributed by atoms with Crippen LogP contribution in [0.2, 0.25) is 0 Å². The van der Waals surface area contributed by atoms with Crippen LogP contribution in [0.1, 0.15) is 0 Å². The van der Waals surface area contributed by atoms with E-state index in [0.29, 0.717) is 16.8 Å².